The highest BCUT2D eigenvalue weighted by molar-refractivity contribution is 5.74. The Kier molecular flexibility index (Phi) is 7.12. The van der Waals surface area contributed by atoms with Crippen LogP contribution in [0.15, 0.2) is 24.3 Å². The largest absolute Gasteiger partial charge is 0.362 e. The summed E-state index contributed by atoms with van der Waals surface area (Å²) >= 11 is 0. The van der Waals surface area contributed by atoms with Crippen molar-refractivity contribution in [1.82, 2.24) is 20.6 Å². The first kappa shape index (κ1) is 22.4. The van der Waals surface area contributed by atoms with Gasteiger partial charge in [0.15, 0.2) is 0 Å². The number of aromatic nitrogens is 2. The highest BCUT2D eigenvalue weighted by Gasteiger charge is 2.24. The normalized spacial score (nSPS) is 20.2. The molecule has 0 atom stereocenters. The molecule has 0 spiro atoms. The Morgan fingerprint density at radius 2 is 1.81 bits per heavy atom. The van der Waals surface area contributed by atoms with Crippen LogP contribution in [0.4, 0.5) is 16.6 Å². The number of amides is 2. The Balaban J connectivity index is 1.26. The number of urea groups is 1. The molecule has 7 heteroatoms. The average Bonchev–Trinajstić information content (AvgIpc) is 2.78. The number of hydrogen-bond acceptors (Lipinski definition) is 5. The third-order valence-electron chi connectivity index (χ3n) is 6.52. The maximum absolute atomic E-state index is 12.3. The van der Waals surface area contributed by atoms with Crippen molar-refractivity contribution in [3.05, 3.63) is 46.6 Å². The molecule has 1 aromatic carbocycles. The topological polar surface area (TPSA) is 82.2 Å². The van der Waals surface area contributed by atoms with Gasteiger partial charge in [-0.2, -0.15) is 4.98 Å². The zero-order valence-corrected chi connectivity index (χ0v) is 19.6. The molecule has 2 aliphatic carbocycles. The summed E-state index contributed by atoms with van der Waals surface area (Å²) < 4.78 is 0. The van der Waals surface area contributed by atoms with Crippen molar-refractivity contribution in [1.29, 1.82) is 0 Å². The summed E-state index contributed by atoms with van der Waals surface area (Å²) in [6, 6.07) is 8.69. The molecule has 3 N–H and O–H groups in total. The van der Waals surface area contributed by atoms with Gasteiger partial charge in [0.2, 0.25) is 5.95 Å². The first-order chi connectivity index (χ1) is 15.5. The van der Waals surface area contributed by atoms with Crippen molar-refractivity contribution in [2.24, 2.45) is 0 Å². The fraction of sp³-hybridized carbons (Fsp3) is 0.560. The lowest BCUT2D eigenvalue weighted by Crippen LogP contribution is -2.44. The predicted octanol–water partition coefficient (Wildman–Crippen LogP) is 3.95. The molecular weight excluding hydrogens is 400 g/mol. The third kappa shape index (κ3) is 5.69. The maximum Gasteiger partial charge on any atom is 0.315 e. The fourth-order valence-electron chi connectivity index (χ4n) is 4.81. The summed E-state index contributed by atoms with van der Waals surface area (Å²) in [5, 5.41) is 9.69. The highest BCUT2D eigenvalue weighted by Crippen LogP contribution is 2.29. The van der Waals surface area contributed by atoms with E-state index in [-0.39, 0.29) is 12.1 Å². The van der Waals surface area contributed by atoms with Gasteiger partial charge in [-0.25, -0.2) is 9.78 Å². The summed E-state index contributed by atoms with van der Waals surface area (Å²) in [6.07, 6.45) is 8.47. The number of aryl methyl sites for hydroxylation is 2. The van der Waals surface area contributed by atoms with E-state index in [1.165, 1.54) is 29.7 Å². The lowest BCUT2D eigenvalue weighted by molar-refractivity contribution is 0.231. The monoisotopic (exact) mass is 436 g/mol. The van der Waals surface area contributed by atoms with Gasteiger partial charge in [-0.1, -0.05) is 29.8 Å². The van der Waals surface area contributed by atoms with Gasteiger partial charge in [0, 0.05) is 38.3 Å². The Morgan fingerprint density at radius 3 is 2.56 bits per heavy atom. The molecule has 0 saturated heterocycles. The molecule has 1 fully saturated rings. The second-order valence-electron chi connectivity index (χ2n) is 9.41. The summed E-state index contributed by atoms with van der Waals surface area (Å²) in [5.41, 5.74) is 4.85. The number of rotatable bonds is 6. The molecule has 1 aromatic heterocycles. The highest BCUT2D eigenvalue weighted by atomic mass is 16.2. The number of anilines is 2. The lowest BCUT2D eigenvalue weighted by atomic mass is 9.91. The molecule has 172 valence electrons. The maximum atomic E-state index is 12.3. The van der Waals surface area contributed by atoms with Crippen LogP contribution in [0.25, 0.3) is 0 Å². The summed E-state index contributed by atoms with van der Waals surface area (Å²) in [4.78, 5) is 24.1. The molecule has 4 rings (SSSR count). The van der Waals surface area contributed by atoms with Crippen molar-refractivity contribution in [2.75, 3.05) is 24.3 Å². The van der Waals surface area contributed by atoms with Gasteiger partial charge >= 0.3 is 6.03 Å². The molecule has 0 aliphatic heterocycles. The van der Waals surface area contributed by atoms with E-state index >= 15 is 0 Å². The minimum atomic E-state index is -0.0865. The van der Waals surface area contributed by atoms with Crippen molar-refractivity contribution >= 4 is 17.8 Å². The summed E-state index contributed by atoms with van der Waals surface area (Å²) in [6.45, 7) is 2.61. The van der Waals surface area contributed by atoms with Crippen molar-refractivity contribution in [2.45, 2.75) is 76.9 Å². The van der Waals surface area contributed by atoms with E-state index in [0.717, 1.165) is 55.9 Å². The number of hydrogen-bond donors (Lipinski definition) is 3. The number of nitrogens with zero attached hydrogens (tertiary/aromatic N) is 3. The quantitative estimate of drug-likeness (QED) is 0.639. The van der Waals surface area contributed by atoms with E-state index in [0.29, 0.717) is 12.6 Å². The third-order valence-corrected chi connectivity index (χ3v) is 6.52. The molecule has 7 nitrogen and oxygen atoms in total. The zero-order chi connectivity index (χ0) is 22.5. The number of nitrogens with one attached hydrogen (secondary N) is 3. The van der Waals surface area contributed by atoms with E-state index in [1.54, 1.807) is 0 Å². The molecule has 1 saturated carbocycles. The second-order valence-corrected chi connectivity index (χ2v) is 9.41. The molecule has 32 heavy (non-hydrogen) atoms. The molecule has 2 aromatic rings. The van der Waals surface area contributed by atoms with Gasteiger partial charge in [-0.15, -0.1) is 0 Å². The van der Waals surface area contributed by atoms with Crippen LogP contribution in [0.1, 0.15) is 60.9 Å². The van der Waals surface area contributed by atoms with E-state index in [2.05, 4.69) is 54.0 Å². The van der Waals surface area contributed by atoms with E-state index in [9.17, 15) is 4.79 Å². The Bertz CT molecular complexity index is 936. The van der Waals surface area contributed by atoms with Crippen molar-refractivity contribution in [3.63, 3.8) is 0 Å². The summed E-state index contributed by atoms with van der Waals surface area (Å²) in [5.74, 6) is 1.81. The van der Waals surface area contributed by atoms with Gasteiger partial charge in [0.25, 0.3) is 0 Å². The van der Waals surface area contributed by atoms with Gasteiger partial charge < -0.3 is 20.9 Å². The van der Waals surface area contributed by atoms with E-state index < -0.39 is 0 Å². The van der Waals surface area contributed by atoms with Crippen LogP contribution in [-0.4, -0.2) is 42.2 Å². The molecule has 0 unspecified atom stereocenters. The van der Waals surface area contributed by atoms with Gasteiger partial charge in [-0.05, 0) is 63.9 Å². The van der Waals surface area contributed by atoms with Gasteiger partial charge in [0.1, 0.15) is 5.82 Å². The van der Waals surface area contributed by atoms with Crippen LogP contribution in [0.5, 0.6) is 0 Å². The van der Waals surface area contributed by atoms with Crippen LogP contribution in [0, 0.1) is 6.92 Å². The minimum Gasteiger partial charge on any atom is -0.362 e. The zero-order valence-electron chi connectivity index (χ0n) is 19.6. The van der Waals surface area contributed by atoms with E-state index in [4.69, 9.17) is 9.97 Å². The number of carbonyl (C=O) groups is 1. The molecule has 1 heterocycles. The number of benzene rings is 1. The van der Waals surface area contributed by atoms with Gasteiger partial charge in [0.05, 0.1) is 5.69 Å². The van der Waals surface area contributed by atoms with Crippen LogP contribution >= 0.6 is 0 Å². The molecule has 2 amide bonds. The van der Waals surface area contributed by atoms with Crippen LogP contribution < -0.4 is 20.9 Å². The smallest absolute Gasteiger partial charge is 0.315 e. The Hall–Kier alpha value is -2.83. The summed E-state index contributed by atoms with van der Waals surface area (Å²) in [7, 11) is 4.11. The lowest BCUT2D eigenvalue weighted by Gasteiger charge is -2.30. The second kappa shape index (κ2) is 10.2. The molecular formula is C25H36N6O. The first-order valence-corrected chi connectivity index (χ1v) is 11.9. The molecule has 2 aliphatic rings. The number of fused-ring (bicyclic) bond motifs is 1. The Morgan fingerprint density at radius 1 is 1.06 bits per heavy atom. The van der Waals surface area contributed by atoms with Crippen LogP contribution in [0.3, 0.4) is 0 Å². The number of carbonyl (C=O) groups excluding carboxylic acids is 1. The first-order valence-electron chi connectivity index (χ1n) is 11.9. The predicted molar refractivity (Wildman–Crippen MR) is 129 cm³/mol. The standard InChI is InChI=1S/C25H36N6O/c1-17-7-6-8-18(15-17)16-26-25(32)28-20-13-11-19(12-14-20)27-24-29-22-10-5-4-9-21(22)23(30-24)31(2)3/h6-8,15,19-20H,4-5,9-14,16H2,1-3H3,(H2,26,28,32)(H,27,29,30). The Labute approximate surface area is 191 Å². The average molecular weight is 437 g/mol. The minimum absolute atomic E-state index is 0.0865. The van der Waals surface area contributed by atoms with E-state index in [1.807, 2.05) is 12.1 Å². The SMILES string of the molecule is Cc1cccc(CNC(=O)NC2CCC(Nc3nc4c(c(N(C)C)n3)CCCC4)CC2)c1. The van der Waals surface area contributed by atoms with Crippen LogP contribution in [0.2, 0.25) is 0 Å². The molecule has 0 bridgehead atoms. The van der Waals surface area contributed by atoms with Gasteiger partial charge in [-0.3, -0.25) is 0 Å². The van der Waals surface area contributed by atoms with Crippen molar-refractivity contribution < 1.29 is 4.79 Å². The fourth-order valence-corrected chi connectivity index (χ4v) is 4.81. The van der Waals surface area contributed by atoms with Crippen LogP contribution in [-0.2, 0) is 19.4 Å². The molecule has 0 radical (unpaired) electrons. The van der Waals surface area contributed by atoms with Crippen molar-refractivity contribution in [3.8, 4) is 0 Å².